The van der Waals surface area contributed by atoms with E-state index in [1.165, 1.54) is 5.57 Å². The van der Waals surface area contributed by atoms with Crippen LogP contribution < -0.4 is 0 Å². The third-order valence-electron chi connectivity index (χ3n) is 2.14. The maximum absolute atomic E-state index is 11.2. The van der Waals surface area contributed by atoms with Gasteiger partial charge in [-0.25, -0.2) is 0 Å². The van der Waals surface area contributed by atoms with E-state index in [2.05, 4.69) is 25.7 Å². The Balaban J connectivity index is 0.00000144. The Kier molecular flexibility index (Phi) is 4.14. The molecule has 2 nitrogen and oxygen atoms in total. The van der Waals surface area contributed by atoms with Gasteiger partial charge in [-0.05, 0) is 33.8 Å². The van der Waals surface area contributed by atoms with Gasteiger partial charge in [0.25, 0.3) is 0 Å². The quantitative estimate of drug-likeness (QED) is 0.601. The van der Waals surface area contributed by atoms with Crippen molar-refractivity contribution in [1.82, 2.24) is 4.90 Å². The number of carbonyl (C=O) groups is 1. The van der Waals surface area contributed by atoms with Crippen molar-refractivity contribution in [2.75, 3.05) is 13.1 Å². The van der Waals surface area contributed by atoms with Crippen molar-refractivity contribution in [3.05, 3.63) is 11.6 Å². The molecule has 0 aliphatic carbocycles. The molecule has 0 N–H and O–H groups in total. The molecule has 3 heteroatoms. The van der Waals surface area contributed by atoms with Crippen LogP contribution in [0.1, 0.15) is 27.7 Å². The topological polar surface area (TPSA) is 20.3 Å². The van der Waals surface area contributed by atoms with Crippen LogP contribution in [0.2, 0.25) is 0 Å². The van der Waals surface area contributed by atoms with E-state index in [1.807, 2.05) is 6.92 Å². The molecule has 0 atom stereocenters. The Hall–Kier alpha value is -0.340. The highest BCUT2D eigenvalue weighted by molar-refractivity contribution is 5.92. The van der Waals surface area contributed by atoms with Crippen molar-refractivity contribution >= 4 is 18.2 Å². The van der Waals surface area contributed by atoms with Crippen LogP contribution in [-0.2, 0) is 4.79 Å². The molecule has 1 heterocycles. The van der Waals surface area contributed by atoms with Crippen molar-refractivity contribution in [2.24, 2.45) is 0 Å². The Labute approximate surface area is 86.4 Å². The molecule has 76 valence electrons. The fourth-order valence-electron chi connectivity index (χ4n) is 1.39. The Morgan fingerprint density at radius 3 is 2.23 bits per heavy atom. The lowest BCUT2D eigenvalue weighted by Crippen LogP contribution is -2.46. The molecule has 1 aliphatic rings. The summed E-state index contributed by atoms with van der Waals surface area (Å²) in [5.74, 6) is 0.230. The third kappa shape index (κ3) is 3.49. The Morgan fingerprint density at radius 1 is 1.31 bits per heavy atom. The number of carbonyl (C=O) groups excluding carboxylic acids is 1. The Bertz CT molecular complexity index is 228. The molecule has 0 aromatic carbocycles. The smallest absolute Gasteiger partial charge is 0.169 e. The molecule has 1 rings (SSSR count). The average Bonchev–Trinajstić information content (AvgIpc) is 1.82. The predicted molar refractivity (Wildman–Crippen MR) is 57.3 cm³/mol. The predicted octanol–water partition coefficient (Wildman–Crippen LogP) is 2.04. The molecule has 0 amide bonds. The lowest BCUT2D eigenvalue weighted by atomic mass is 10.0. The normalized spacial score (nSPS) is 19.4. The van der Waals surface area contributed by atoms with Gasteiger partial charge in [0, 0.05) is 12.1 Å². The van der Waals surface area contributed by atoms with Gasteiger partial charge in [-0.2, -0.15) is 0 Å². The summed E-state index contributed by atoms with van der Waals surface area (Å²) in [5.41, 5.74) is 1.27. The first-order valence-electron chi connectivity index (χ1n) is 4.34. The van der Waals surface area contributed by atoms with Crippen molar-refractivity contribution in [3.63, 3.8) is 0 Å². The summed E-state index contributed by atoms with van der Waals surface area (Å²) in [6, 6.07) is 0. The fourth-order valence-corrected chi connectivity index (χ4v) is 1.39. The number of halogens is 1. The first-order chi connectivity index (χ1) is 5.39. The average molecular weight is 204 g/mol. The van der Waals surface area contributed by atoms with Crippen molar-refractivity contribution < 1.29 is 4.79 Å². The molecule has 0 fully saturated rings. The SMILES string of the molecule is CC1=CC(=O)CN(C(C)(C)C)C1.Cl. The summed E-state index contributed by atoms with van der Waals surface area (Å²) in [7, 11) is 0. The van der Waals surface area contributed by atoms with Crippen molar-refractivity contribution in [2.45, 2.75) is 33.2 Å². The molecular weight excluding hydrogens is 186 g/mol. The summed E-state index contributed by atoms with van der Waals surface area (Å²) in [6.07, 6.45) is 1.75. The molecule has 0 aromatic rings. The summed E-state index contributed by atoms with van der Waals surface area (Å²) in [6.45, 7) is 9.92. The first-order valence-corrected chi connectivity index (χ1v) is 4.34. The summed E-state index contributed by atoms with van der Waals surface area (Å²) >= 11 is 0. The zero-order valence-electron chi connectivity index (χ0n) is 8.76. The highest BCUT2D eigenvalue weighted by atomic mass is 35.5. The highest BCUT2D eigenvalue weighted by Gasteiger charge is 2.25. The van der Waals surface area contributed by atoms with Crippen LogP contribution >= 0.6 is 12.4 Å². The lowest BCUT2D eigenvalue weighted by molar-refractivity contribution is -0.117. The second kappa shape index (κ2) is 4.25. The molecule has 0 saturated carbocycles. The summed E-state index contributed by atoms with van der Waals surface area (Å²) in [4.78, 5) is 13.4. The van der Waals surface area contributed by atoms with E-state index in [0.29, 0.717) is 6.54 Å². The number of hydrogen-bond acceptors (Lipinski definition) is 2. The molecule has 0 saturated heterocycles. The molecule has 0 spiro atoms. The number of ketones is 1. The summed E-state index contributed by atoms with van der Waals surface area (Å²) < 4.78 is 0. The minimum atomic E-state index is 0. The van der Waals surface area contributed by atoms with Crippen LogP contribution in [-0.4, -0.2) is 29.3 Å². The highest BCUT2D eigenvalue weighted by Crippen LogP contribution is 2.17. The lowest BCUT2D eigenvalue weighted by Gasteiger charge is -2.37. The fraction of sp³-hybridized carbons (Fsp3) is 0.700. The van der Waals surface area contributed by atoms with Gasteiger partial charge in [-0.15, -0.1) is 12.4 Å². The van der Waals surface area contributed by atoms with E-state index in [-0.39, 0.29) is 23.7 Å². The van der Waals surface area contributed by atoms with E-state index in [0.717, 1.165) is 6.54 Å². The second-order valence-corrected chi connectivity index (χ2v) is 4.48. The van der Waals surface area contributed by atoms with E-state index in [1.54, 1.807) is 6.08 Å². The van der Waals surface area contributed by atoms with Crippen LogP contribution in [0.15, 0.2) is 11.6 Å². The first kappa shape index (κ1) is 12.7. The van der Waals surface area contributed by atoms with E-state index < -0.39 is 0 Å². The van der Waals surface area contributed by atoms with E-state index >= 15 is 0 Å². The largest absolute Gasteiger partial charge is 0.293 e. The van der Waals surface area contributed by atoms with Gasteiger partial charge < -0.3 is 0 Å². The minimum Gasteiger partial charge on any atom is -0.293 e. The van der Waals surface area contributed by atoms with Crippen LogP contribution in [0.4, 0.5) is 0 Å². The monoisotopic (exact) mass is 203 g/mol. The van der Waals surface area contributed by atoms with E-state index in [9.17, 15) is 4.79 Å². The van der Waals surface area contributed by atoms with Gasteiger partial charge >= 0.3 is 0 Å². The molecule has 13 heavy (non-hydrogen) atoms. The zero-order chi connectivity index (χ0) is 9.35. The molecule has 0 bridgehead atoms. The molecular formula is C10H18ClNO. The van der Waals surface area contributed by atoms with Crippen molar-refractivity contribution in [1.29, 1.82) is 0 Å². The van der Waals surface area contributed by atoms with Crippen LogP contribution in [0.25, 0.3) is 0 Å². The van der Waals surface area contributed by atoms with Gasteiger partial charge in [0.05, 0.1) is 6.54 Å². The zero-order valence-corrected chi connectivity index (χ0v) is 9.57. The van der Waals surface area contributed by atoms with E-state index in [4.69, 9.17) is 0 Å². The van der Waals surface area contributed by atoms with Crippen LogP contribution in [0.3, 0.4) is 0 Å². The number of nitrogens with zero attached hydrogens (tertiary/aromatic N) is 1. The van der Waals surface area contributed by atoms with Gasteiger partial charge in [-0.1, -0.05) is 5.57 Å². The number of rotatable bonds is 0. The second-order valence-electron chi connectivity index (χ2n) is 4.48. The maximum Gasteiger partial charge on any atom is 0.169 e. The maximum atomic E-state index is 11.2. The van der Waals surface area contributed by atoms with Crippen molar-refractivity contribution in [3.8, 4) is 0 Å². The third-order valence-corrected chi connectivity index (χ3v) is 2.14. The standard InChI is InChI=1S/C10H17NO.ClH/c1-8-5-9(12)7-11(6-8)10(2,3)4;/h5H,6-7H2,1-4H3;1H. The molecule has 0 unspecified atom stereocenters. The molecule has 0 radical (unpaired) electrons. The van der Waals surface area contributed by atoms with Gasteiger partial charge in [0.15, 0.2) is 5.78 Å². The van der Waals surface area contributed by atoms with Gasteiger partial charge in [0.1, 0.15) is 0 Å². The molecule has 1 aliphatic heterocycles. The minimum absolute atomic E-state index is 0. The summed E-state index contributed by atoms with van der Waals surface area (Å²) in [5, 5.41) is 0. The van der Waals surface area contributed by atoms with Gasteiger partial charge in [-0.3, -0.25) is 9.69 Å². The number of hydrogen-bond donors (Lipinski definition) is 0. The Morgan fingerprint density at radius 2 is 1.85 bits per heavy atom. The van der Waals surface area contributed by atoms with Crippen LogP contribution in [0.5, 0.6) is 0 Å². The van der Waals surface area contributed by atoms with Gasteiger partial charge in [0.2, 0.25) is 0 Å². The van der Waals surface area contributed by atoms with Crippen LogP contribution in [0, 0.1) is 0 Å². The molecule has 0 aromatic heterocycles.